The summed E-state index contributed by atoms with van der Waals surface area (Å²) in [7, 11) is 0. The van der Waals surface area contributed by atoms with Crippen LogP contribution < -0.4 is 5.73 Å². The van der Waals surface area contributed by atoms with Crippen LogP contribution in [0.2, 0.25) is 0 Å². The number of rotatable bonds is 3. The van der Waals surface area contributed by atoms with Crippen molar-refractivity contribution in [2.24, 2.45) is 10.7 Å². The highest BCUT2D eigenvalue weighted by Gasteiger charge is 2.20. The Labute approximate surface area is 149 Å². The van der Waals surface area contributed by atoms with Gasteiger partial charge in [0.15, 0.2) is 5.78 Å². The first-order valence-corrected chi connectivity index (χ1v) is 7.99. The van der Waals surface area contributed by atoms with Gasteiger partial charge in [-0.05, 0) is 28.9 Å². The van der Waals surface area contributed by atoms with Gasteiger partial charge in [0.05, 0.1) is 11.9 Å². The molecule has 0 fully saturated rings. The van der Waals surface area contributed by atoms with E-state index in [0.717, 1.165) is 28.1 Å². The number of nitrogens with zero attached hydrogens (tertiary/aromatic N) is 5. The number of fused-ring (bicyclic) bond motifs is 1. The molecular weight excluding hydrogens is 328 g/mol. The van der Waals surface area contributed by atoms with Crippen LogP contribution in [0.25, 0.3) is 21.7 Å². The molecule has 126 valence electrons. The molecule has 4 rings (SSSR count). The molecule has 0 saturated heterocycles. The van der Waals surface area contributed by atoms with Crippen LogP contribution in [-0.4, -0.2) is 39.3 Å². The first kappa shape index (κ1) is 15.9. The Balaban J connectivity index is 1.77. The van der Waals surface area contributed by atoms with Crippen molar-refractivity contribution >= 4 is 17.3 Å². The van der Waals surface area contributed by atoms with Gasteiger partial charge in [-0.2, -0.15) is 4.68 Å². The molecule has 0 unspecified atom stereocenters. The average molecular weight is 342 g/mol. The minimum Gasteiger partial charge on any atom is -0.359 e. The van der Waals surface area contributed by atoms with E-state index in [1.807, 2.05) is 24.3 Å². The second kappa shape index (κ2) is 6.35. The molecule has 1 aromatic carbocycles. The minimum absolute atomic E-state index is 0.00107. The van der Waals surface area contributed by atoms with Crippen molar-refractivity contribution < 1.29 is 4.79 Å². The molecular formula is C19H14N6O. The van der Waals surface area contributed by atoms with Gasteiger partial charge in [0, 0.05) is 35.6 Å². The van der Waals surface area contributed by atoms with Gasteiger partial charge in [-0.1, -0.05) is 18.7 Å². The molecule has 0 radical (unpaired) electrons. The lowest BCUT2D eigenvalue weighted by Gasteiger charge is -2.16. The standard InChI is InChI=1S/C19H14N6O/c1-21-19-4-5-25(24-19)14-6-13(9-22-10-14)12-2-3-15-16(7-12)17(8-20)23-11-18(15)26/h2-7,9-10H,8,11,20H2. The van der Waals surface area contributed by atoms with E-state index >= 15 is 0 Å². The van der Waals surface area contributed by atoms with E-state index in [1.165, 1.54) is 0 Å². The topological polar surface area (TPSA) is 90.5 Å². The van der Waals surface area contributed by atoms with Crippen molar-refractivity contribution in [2.75, 3.05) is 13.1 Å². The third-order valence-corrected chi connectivity index (χ3v) is 4.25. The van der Waals surface area contributed by atoms with Gasteiger partial charge < -0.3 is 10.6 Å². The van der Waals surface area contributed by atoms with Crippen LogP contribution >= 0.6 is 0 Å². The molecule has 0 atom stereocenters. The summed E-state index contributed by atoms with van der Waals surface area (Å²) >= 11 is 0. The summed E-state index contributed by atoms with van der Waals surface area (Å²) < 4.78 is 1.61. The molecule has 3 heterocycles. The van der Waals surface area contributed by atoms with E-state index < -0.39 is 0 Å². The summed E-state index contributed by atoms with van der Waals surface area (Å²) in [6.07, 6.45) is 5.15. The first-order valence-electron chi connectivity index (χ1n) is 7.99. The number of aromatic nitrogens is 3. The van der Waals surface area contributed by atoms with Crippen LogP contribution in [0.1, 0.15) is 15.9 Å². The summed E-state index contributed by atoms with van der Waals surface area (Å²) in [5.41, 5.74) is 10.5. The molecule has 0 bridgehead atoms. The number of pyridine rings is 1. The zero-order valence-corrected chi connectivity index (χ0v) is 13.8. The number of aliphatic imine (C=N–C) groups is 1. The van der Waals surface area contributed by atoms with Gasteiger partial charge in [0.1, 0.15) is 12.2 Å². The number of carbonyl (C=O) groups is 1. The zero-order valence-electron chi connectivity index (χ0n) is 13.8. The molecule has 0 spiro atoms. The fourth-order valence-electron chi connectivity index (χ4n) is 2.95. The van der Waals surface area contributed by atoms with Crippen molar-refractivity contribution in [3.05, 3.63) is 71.5 Å². The Morgan fingerprint density at radius 3 is 2.81 bits per heavy atom. The number of hydrogen-bond donors (Lipinski definition) is 1. The highest BCUT2D eigenvalue weighted by molar-refractivity contribution is 6.16. The van der Waals surface area contributed by atoms with Crippen LogP contribution in [0, 0.1) is 6.57 Å². The molecule has 0 amide bonds. The second-order valence-electron chi connectivity index (χ2n) is 5.81. The van der Waals surface area contributed by atoms with E-state index in [9.17, 15) is 4.79 Å². The van der Waals surface area contributed by atoms with E-state index in [0.29, 0.717) is 11.4 Å². The van der Waals surface area contributed by atoms with Gasteiger partial charge in [-0.25, -0.2) is 0 Å². The van der Waals surface area contributed by atoms with Gasteiger partial charge >= 0.3 is 0 Å². The summed E-state index contributed by atoms with van der Waals surface area (Å²) in [4.78, 5) is 23.9. The van der Waals surface area contributed by atoms with E-state index in [4.69, 9.17) is 12.3 Å². The highest BCUT2D eigenvalue weighted by atomic mass is 16.1. The van der Waals surface area contributed by atoms with E-state index in [1.54, 1.807) is 29.3 Å². The van der Waals surface area contributed by atoms with Crippen LogP contribution in [0.15, 0.2) is 53.9 Å². The summed E-state index contributed by atoms with van der Waals surface area (Å²) in [6.45, 7) is 7.46. The Hall–Kier alpha value is -3.63. The Morgan fingerprint density at radius 1 is 1.15 bits per heavy atom. The zero-order chi connectivity index (χ0) is 18.1. The van der Waals surface area contributed by atoms with Gasteiger partial charge in [-0.3, -0.25) is 14.8 Å². The summed E-state index contributed by atoms with van der Waals surface area (Å²) in [6, 6.07) is 9.21. The maximum absolute atomic E-state index is 12.1. The SMILES string of the molecule is [C-]#[N+]c1ccn(-c2cncc(-c3ccc4c(c3)C(CN)=NCC4=O)c2)n1. The van der Waals surface area contributed by atoms with E-state index in [2.05, 4.69) is 19.9 Å². The number of carbonyl (C=O) groups excluding carboxylic acids is 1. The van der Waals surface area contributed by atoms with E-state index in [-0.39, 0.29) is 18.9 Å². The third-order valence-electron chi connectivity index (χ3n) is 4.25. The molecule has 26 heavy (non-hydrogen) atoms. The van der Waals surface area contributed by atoms with Gasteiger partial charge in [0.25, 0.3) is 5.82 Å². The van der Waals surface area contributed by atoms with Crippen LogP contribution in [-0.2, 0) is 0 Å². The summed E-state index contributed by atoms with van der Waals surface area (Å²) in [5, 5.41) is 4.18. The number of Topliss-reactive ketones (excluding diaryl/α,β-unsaturated/α-hetero) is 1. The molecule has 2 aromatic heterocycles. The predicted molar refractivity (Wildman–Crippen MR) is 97.8 cm³/mol. The maximum Gasteiger partial charge on any atom is 0.295 e. The Morgan fingerprint density at radius 2 is 2.04 bits per heavy atom. The lowest BCUT2D eigenvalue weighted by atomic mass is 9.93. The van der Waals surface area contributed by atoms with Gasteiger partial charge in [0.2, 0.25) is 0 Å². The van der Waals surface area contributed by atoms with Crippen molar-refractivity contribution in [1.29, 1.82) is 0 Å². The molecule has 1 aliphatic heterocycles. The smallest absolute Gasteiger partial charge is 0.295 e. The lowest BCUT2D eigenvalue weighted by Crippen LogP contribution is -2.24. The number of hydrogen-bond acceptors (Lipinski definition) is 5. The minimum atomic E-state index is -0.00107. The van der Waals surface area contributed by atoms with Crippen molar-refractivity contribution in [2.45, 2.75) is 0 Å². The molecule has 1 aliphatic rings. The summed E-state index contributed by atoms with van der Waals surface area (Å²) in [5.74, 6) is 0.324. The maximum atomic E-state index is 12.1. The third kappa shape index (κ3) is 2.68. The average Bonchev–Trinajstić information content (AvgIpc) is 3.17. The van der Waals surface area contributed by atoms with Crippen LogP contribution in [0.3, 0.4) is 0 Å². The fourth-order valence-corrected chi connectivity index (χ4v) is 2.95. The second-order valence-corrected chi connectivity index (χ2v) is 5.81. The lowest BCUT2D eigenvalue weighted by molar-refractivity contribution is 0.1000. The quantitative estimate of drug-likeness (QED) is 0.740. The molecule has 7 heteroatoms. The van der Waals surface area contributed by atoms with Gasteiger partial charge in [-0.15, -0.1) is 0 Å². The molecule has 0 saturated carbocycles. The molecule has 2 N–H and O–H groups in total. The fraction of sp³-hybridized carbons (Fsp3) is 0.105. The predicted octanol–water partition coefficient (Wildman–Crippen LogP) is 2.43. The van der Waals surface area contributed by atoms with Crippen LogP contribution in [0.4, 0.5) is 5.82 Å². The normalized spacial score (nSPS) is 13.1. The number of nitrogens with two attached hydrogens (primary N) is 1. The Kier molecular flexibility index (Phi) is 3.88. The molecule has 7 nitrogen and oxygen atoms in total. The highest BCUT2D eigenvalue weighted by Crippen LogP contribution is 2.26. The van der Waals surface area contributed by atoms with Crippen molar-refractivity contribution in [3.63, 3.8) is 0 Å². The van der Waals surface area contributed by atoms with Crippen LogP contribution in [0.5, 0.6) is 0 Å². The Bertz CT molecular complexity index is 1090. The van der Waals surface area contributed by atoms with Crippen molar-refractivity contribution in [1.82, 2.24) is 14.8 Å². The number of benzene rings is 1. The molecule has 0 aliphatic carbocycles. The monoisotopic (exact) mass is 342 g/mol. The van der Waals surface area contributed by atoms with Crippen molar-refractivity contribution in [3.8, 4) is 16.8 Å². The first-order chi connectivity index (χ1) is 12.7. The molecule has 3 aromatic rings. The number of ketones is 1. The largest absolute Gasteiger partial charge is 0.359 e.